The molecule has 160 valence electrons. The van der Waals surface area contributed by atoms with E-state index in [0.717, 1.165) is 11.1 Å². The number of rotatable bonds is 4. The molecule has 3 heterocycles. The number of nitriles is 1. The maximum absolute atomic E-state index is 13.2. The minimum absolute atomic E-state index is 0.113. The molecule has 0 aliphatic heterocycles. The molecule has 0 radical (unpaired) electrons. The first-order chi connectivity index (χ1) is 15.5. The van der Waals surface area contributed by atoms with Gasteiger partial charge in [-0.2, -0.15) is 10.3 Å². The smallest absolute Gasteiger partial charge is 0.279 e. The van der Waals surface area contributed by atoms with E-state index in [0.29, 0.717) is 16.9 Å². The number of hydrogen-bond acceptors (Lipinski definition) is 5. The molecule has 0 atom stereocenters. The monoisotopic (exact) mass is 427 g/mol. The van der Waals surface area contributed by atoms with Gasteiger partial charge in [0.15, 0.2) is 5.49 Å². The largest absolute Gasteiger partial charge is 0.383 e. The summed E-state index contributed by atoms with van der Waals surface area (Å²) in [4.78, 5) is 35.2. The molecule has 4 rings (SSSR count). The van der Waals surface area contributed by atoms with E-state index < -0.39 is 5.91 Å². The van der Waals surface area contributed by atoms with Crippen LogP contribution in [0.15, 0.2) is 58.4 Å². The first kappa shape index (κ1) is 21.2. The Morgan fingerprint density at radius 1 is 1.16 bits per heavy atom. The van der Waals surface area contributed by atoms with E-state index in [1.54, 1.807) is 36.1 Å². The predicted molar refractivity (Wildman–Crippen MR) is 119 cm³/mol. The number of pyridine rings is 2. The SMILES string of the molecule is COCCn1c(=NC(=O)c2ccccc2C)c(C#N)cc2c(=O)n3cccc(C)c3nc21. The van der Waals surface area contributed by atoms with Crippen LogP contribution >= 0.6 is 0 Å². The summed E-state index contributed by atoms with van der Waals surface area (Å²) in [5.74, 6) is -0.473. The van der Waals surface area contributed by atoms with Gasteiger partial charge in [0.05, 0.1) is 17.6 Å². The van der Waals surface area contributed by atoms with Crippen molar-refractivity contribution in [3.8, 4) is 6.07 Å². The van der Waals surface area contributed by atoms with Crippen molar-refractivity contribution >= 4 is 22.6 Å². The van der Waals surface area contributed by atoms with Gasteiger partial charge in [-0.25, -0.2) is 4.98 Å². The molecule has 0 bridgehead atoms. The van der Waals surface area contributed by atoms with E-state index in [4.69, 9.17) is 9.72 Å². The summed E-state index contributed by atoms with van der Waals surface area (Å²) in [6, 6.07) is 14.3. The van der Waals surface area contributed by atoms with Crippen LogP contribution in [0.4, 0.5) is 0 Å². The third-order valence-corrected chi connectivity index (χ3v) is 5.33. The minimum Gasteiger partial charge on any atom is -0.383 e. The van der Waals surface area contributed by atoms with Gasteiger partial charge in [-0.1, -0.05) is 24.3 Å². The van der Waals surface area contributed by atoms with Crippen molar-refractivity contribution < 1.29 is 9.53 Å². The molecule has 4 aromatic rings. The Bertz CT molecular complexity index is 1540. The lowest BCUT2D eigenvalue weighted by molar-refractivity contribution is 0.0996. The van der Waals surface area contributed by atoms with Crippen LogP contribution in [0.2, 0.25) is 0 Å². The number of aryl methyl sites for hydroxylation is 2. The van der Waals surface area contributed by atoms with E-state index in [9.17, 15) is 14.9 Å². The van der Waals surface area contributed by atoms with Gasteiger partial charge in [0.1, 0.15) is 17.4 Å². The van der Waals surface area contributed by atoms with Gasteiger partial charge in [0.2, 0.25) is 0 Å². The van der Waals surface area contributed by atoms with Crippen molar-refractivity contribution in [2.24, 2.45) is 4.99 Å². The number of nitrogens with zero attached hydrogens (tertiary/aromatic N) is 5. The molecular weight excluding hydrogens is 406 g/mol. The van der Waals surface area contributed by atoms with Crippen molar-refractivity contribution in [2.45, 2.75) is 20.4 Å². The van der Waals surface area contributed by atoms with Crippen molar-refractivity contribution in [1.82, 2.24) is 14.0 Å². The number of carbonyl (C=O) groups is 1. The molecule has 0 fully saturated rings. The predicted octanol–water partition coefficient (Wildman–Crippen LogP) is 2.53. The van der Waals surface area contributed by atoms with Gasteiger partial charge in [-0.3, -0.25) is 14.0 Å². The fourth-order valence-corrected chi connectivity index (χ4v) is 3.65. The quantitative estimate of drug-likeness (QED) is 0.466. The van der Waals surface area contributed by atoms with Crippen LogP contribution in [0.5, 0.6) is 0 Å². The molecule has 8 heteroatoms. The molecule has 0 saturated heterocycles. The normalized spacial score (nSPS) is 11.8. The van der Waals surface area contributed by atoms with Crippen LogP contribution < -0.4 is 11.0 Å². The average molecular weight is 427 g/mol. The van der Waals surface area contributed by atoms with Crippen LogP contribution in [0.25, 0.3) is 16.7 Å². The molecule has 0 spiro atoms. The first-order valence-electron chi connectivity index (χ1n) is 10.1. The molecule has 1 aromatic carbocycles. The average Bonchev–Trinajstić information content (AvgIpc) is 2.79. The number of amides is 1. The standard InChI is InChI=1S/C24H21N5O3/c1-15-7-4-5-9-18(15)23(30)27-21-17(14-25)13-19-22(28(21)11-12-32-3)26-20-16(2)8-6-10-29(20)24(19)31/h4-10,13H,11-12H2,1-3H3. The summed E-state index contributed by atoms with van der Waals surface area (Å²) in [5.41, 5.74) is 2.85. The highest BCUT2D eigenvalue weighted by molar-refractivity contribution is 5.96. The highest BCUT2D eigenvalue weighted by Gasteiger charge is 2.16. The molecule has 8 nitrogen and oxygen atoms in total. The molecular formula is C24H21N5O3. The maximum Gasteiger partial charge on any atom is 0.279 e. The van der Waals surface area contributed by atoms with E-state index in [-0.39, 0.29) is 35.1 Å². The number of benzene rings is 1. The van der Waals surface area contributed by atoms with Gasteiger partial charge >= 0.3 is 0 Å². The number of methoxy groups -OCH3 is 1. The zero-order valence-corrected chi connectivity index (χ0v) is 18.0. The number of carbonyl (C=O) groups excluding carboxylic acids is 1. The lowest BCUT2D eigenvalue weighted by Gasteiger charge is -2.14. The third kappa shape index (κ3) is 3.59. The number of fused-ring (bicyclic) bond motifs is 2. The second-order valence-corrected chi connectivity index (χ2v) is 7.41. The number of hydrogen-bond donors (Lipinski definition) is 0. The number of ether oxygens (including phenoxy) is 1. The second kappa shape index (κ2) is 8.57. The lowest BCUT2D eigenvalue weighted by atomic mass is 10.1. The molecule has 0 aliphatic rings. The minimum atomic E-state index is -0.473. The Labute approximate surface area is 183 Å². The number of aromatic nitrogens is 3. The Hall–Kier alpha value is -4.09. The zero-order chi connectivity index (χ0) is 22.8. The molecule has 0 saturated carbocycles. The summed E-state index contributed by atoms with van der Waals surface area (Å²) in [7, 11) is 1.55. The summed E-state index contributed by atoms with van der Waals surface area (Å²) < 4.78 is 8.30. The Kier molecular flexibility index (Phi) is 5.67. The molecule has 32 heavy (non-hydrogen) atoms. The highest BCUT2D eigenvalue weighted by Crippen LogP contribution is 2.13. The van der Waals surface area contributed by atoms with E-state index in [1.807, 2.05) is 32.0 Å². The van der Waals surface area contributed by atoms with E-state index in [1.165, 1.54) is 10.5 Å². The van der Waals surface area contributed by atoms with Crippen LogP contribution in [0.1, 0.15) is 27.0 Å². The Balaban J connectivity index is 2.12. The summed E-state index contributed by atoms with van der Waals surface area (Å²) in [5, 5.41) is 10.1. The van der Waals surface area contributed by atoms with Gasteiger partial charge in [-0.05, 0) is 43.2 Å². The Morgan fingerprint density at radius 2 is 1.91 bits per heavy atom. The fraction of sp³-hybridized carbons (Fsp3) is 0.208. The first-order valence-corrected chi connectivity index (χ1v) is 10.1. The van der Waals surface area contributed by atoms with Crippen LogP contribution in [0.3, 0.4) is 0 Å². The van der Waals surface area contributed by atoms with Crippen molar-refractivity contribution in [3.05, 3.63) is 86.8 Å². The summed E-state index contributed by atoms with van der Waals surface area (Å²) in [6.07, 6.45) is 1.64. The molecule has 1 amide bonds. The van der Waals surface area contributed by atoms with Crippen molar-refractivity contribution in [1.29, 1.82) is 5.26 Å². The highest BCUT2D eigenvalue weighted by atomic mass is 16.5. The maximum atomic E-state index is 13.2. The topological polar surface area (TPSA) is 102 Å². The van der Waals surface area contributed by atoms with Crippen LogP contribution in [0, 0.1) is 25.2 Å². The van der Waals surface area contributed by atoms with Gasteiger partial charge < -0.3 is 9.30 Å². The van der Waals surface area contributed by atoms with Gasteiger partial charge in [0, 0.05) is 25.4 Å². The van der Waals surface area contributed by atoms with E-state index >= 15 is 0 Å². The summed E-state index contributed by atoms with van der Waals surface area (Å²) >= 11 is 0. The molecule has 0 unspecified atom stereocenters. The Morgan fingerprint density at radius 3 is 2.62 bits per heavy atom. The zero-order valence-electron chi connectivity index (χ0n) is 18.0. The second-order valence-electron chi connectivity index (χ2n) is 7.41. The van der Waals surface area contributed by atoms with Crippen LogP contribution in [-0.4, -0.2) is 33.6 Å². The third-order valence-electron chi connectivity index (χ3n) is 5.33. The molecule has 0 aliphatic carbocycles. The van der Waals surface area contributed by atoms with Gasteiger partial charge in [-0.15, -0.1) is 0 Å². The van der Waals surface area contributed by atoms with Crippen molar-refractivity contribution in [2.75, 3.05) is 13.7 Å². The van der Waals surface area contributed by atoms with E-state index in [2.05, 4.69) is 11.1 Å². The molecule has 0 N–H and O–H groups in total. The van der Waals surface area contributed by atoms with Gasteiger partial charge in [0.25, 0.3) is 11.5 Å². The summed E-state index contributed by atoms with van der Waals surface area (Å²) in [6.45, 7) is 4.23. The lowest BCUT2D eigenvalue weighted by Crippen LogP contribution is -2.30. The fourth-order valence-electron chi connectivity index (χ4n) is 3.65. The van der Waals surface area contributed by atoms with Crippen molar-refractivity contribution in [3.63, 3.8) is 0 Å². The molecule has 3 aromatic heterocycles. The van der Waals surface area contributed by atoms with Crippen LogP contribution in [-0.2, 0) is 11.3 Å².